The number of benzene rings is 3. The van der Waals surface area contributed by atoms with Crippen molar-refractivity contribution in [1.82, 2.24) is 15.3 Å². The number of amides is 2. The van der Waals surface area contributed by atoms with Crippen LogP contribution in [0.5, 0.6) is 0 Å². The summed E-state index contributed by atoms with van der Waals surface area (Å²) in [5.41, 5.74) is 5.69. The molecule has 3 aromatic carbocycles. The van der Waals surface area contributed by atoms with Crippen LogP contribution in [0.4, 0.5) is 0 Å². The van der Waals surface area contributed by atoms with Gasteiger partial charge in [0.05, 0.1) is 6.21 Å². The van der Waals surface area contributed by atoms with E-state index < -0.39 is 11.9 Å². The number of halogens is 3. The second kappa shape index (κ2) is 11.8. The predicted molar refractivity (Wildman–Crippen MR) is 151 cm³/mol. The monoisotopic (exact) mass is 554 g/mol. The molecule has 190 valence electrons. The molecule has 0 radical (unpaired) electrons. The zero-order chi connectivity index (χ0) is 26.5. The first kappa shape index (κ1) is 26.7. The Balaban J connectivity index is 1.50. The third kappa shape index (κ3) is 6.52. The maximum absolute atomic E-state index is 12.9. The largest absolute Gasteiger partial charge is 0.342 e. The van der Waals surface area contributed by atoms with E-state index in [0.717, 1.165) is 22.0 Å². The zero-order valence-corrected chi connectivity index (χ0v) is 22.5. The minimum atomic E-state index is -0.781. The number of rotatable bonds is 8. The molecule has 4 aromatic rings. The van der Waals surface area contributed by atoms with Crippen LogP contribution in [0.1, 0.15) is 35.3 Å². The number of para-hydroxylation sites is 1. The highest BCUT2D eigenvalue weighted by Crippen LogP contribution is 2.25. The van der Waals surface area contributed by atoms with Crippen LogP contribution in [0.15, 0.2) is 78.0 Å². The number of nitrogens with one attached hydrogen (secondary N) is 2. The molecule has 37 heavy (non-hydrogen) atoms. The molecule has 0 bridgehead atoms. The molecule has 0 saturated heterocycles. The van der Waals surface area contributed by atoms with E-state index in [4.69, 9.17) is 34.8 Å². The van der Waals surface area contributed by atoms with Crippen LogP contribution < -0.4 is 10.7 Å². The van der Waals surface area contributed by atoms with Crippen molar-refractivity contribution in [2.75, 3.05) is 0 Å². The van der Waals surface area contributed by atoms with Crippen LogP contribution in [-0.4, -0.2) is 28.6 Å². The number of hydrazone groups is 1. The van der Waals surface area contributed by atoms with Crippen LogP contribution in [0.3, 0.4) is 0 Å². The molecule has 1 heterocycles. The van der Waals surface area contributed by atoms with Gasteiger partial charge in [-0.2, -0.15) is 5.10 Å². The number of hydrogen-bond donors (Lipinski definition) is 2. The van der Waals surface area contributed by atoms with Crippen molar-refractivity contribution in [3.8, 4) is 0 Å². The van der Waals surface area contributed by atoms with Gasteiger partial charge in [-0.15, -0.1) is 0 Å². The number of fused-ring (bicyclic) bond motifs is 1. The van der Waals surface area contributed by atoms with Crippen molar-refractivity contribution in [2.45, 2.75) is 26.4 Å². The zero-order valence-electron chi connectivity index (χ0n) is 20.2. The fourth-order valence-electron chi connectivity index (χ4n) is 3.97. The minimum Gasteiger partial charge on any atom is -0.342 e. The summed E-state index contributed by atoms with van der Waals surface area (Å²) in [6.45, 7) is 4.24. The highest BCUT2D eigenvalue weighted by molar-refractivity contribution is 6.35. The Morgan fingerprint density at radius 1 is 0.973 bits per heavy atom. The summed E-state index contributed by atoms with van der Waals surface area (Å²) < 4.78 is 2.07. The molecular weight excluding hydrogens is 531 g/mol. The smallest absolute Gasteiger partial charge is 0.262 e. The SMILES string of the molecule is CC(C)C(NC(=O)c1cccc(Cl)c1)C(=O)NN=Cc1cn(Cc2ccc(Cl)cc2Cl)c2ccccc12. The van der Waals surface area contributed by atoms with Crippen molar-refractivity contribution in [2.24, 2.45) is 11.0 Å². The first-order chi connectivity index (χ1) is 17.7. The van der Waals surface area contributed by atoms with Gasteiger partial charge >= 0.3 is 0 Å². The average Bonchev–Trinajstić information content (AvgIpc) is 3.21. The molecule has 6 nitrogen and oxygen atoms in total. The van der Waals surface area contributed by atoms with E-state index in [1.807, 2.05) is 56.4 Å². The minimum absolute atomic E-state index is 0.163. The molecule has 0 fully saturated rings. The lowest BCUT2D eigenvalue weighted by atomic mass is 10.0. The summed E-state index contributed by atoms with van der Waals surface area (Å²) in [6.07, 6.45) is 3.54. The summed E-state index contributed by atoms with van der Waals surface area (Å²) >= 11 is 18.4. The van der Waals surface area contributed by atoms with E-state index in [2.05, 4.69) is 20.4 Å². The summed E-state index contributed by atoms with van der Waals surface area (Å²) in [6, 6.07) is 19.1. The van der Waals surface area contributed by atoms with Gasteiger partial charge in [-0.1, -0.05) is 79.0 Å². The Kier molecular flexibility index (Phi) is 8.54. The van der Waals surface area contributed by atoms with Crippen LogP contribution in [-0.2, 0) is 11.3 Å². The Hall–Kier alpha value is -3.32. The van der Waals surface area contributed by atoms with Gasteiger partial charge in [0.25, 0.3) is 11.8 Å². The number of carbonyl (C=O) groups is 2. The van der Waals surface area contributed by atoms with Gasteiger partial charge in [0.2, 0.25) is 0 Å². The van der Waals surface area contributed by atoms with Crippen LogP contribution in [0, 0.1) is 5.92 Å². The Labute approximate surface area is 230 Å². The molecule has 1 atom stereocenters. The summed E-state index contributed by atoms with van der Waals surface area (Å²) in [7, 11) is 0. The molecule has 2 N–H and O–H groups in total. The lowest BCUT2D eigenvalue weighted by molar-refractivity contribution is -0.123. The number of aromatic nitrogens is 1. The van der Waals surface area contributed by atoms with Crippen LogP contribution in [0.25, 0.3) is 10.9 Å². The van der Waals surface area contributed by atoms with Crippen LogP contribution in [0.2, 0.25) is 15.1 Å². The molecule has 9 heteroatoms. The van der Waals surface area contributed by atoms with Gasteiger partial charge in [-0.25, -0.2) is 5.43 Å². The van der Waals surface area contributed by atoms with Crippen molar-refractivity contribution in [3.63, 3.8) is 0 Å². The van der Waals surface area contributed by atoms with E-state index in [9.17, 15) is 9.59 Å². The van der Waals surface area contributed by atoms with Gasteiger partial charge in [0, 0.05) is 49.8 Å². The molecule has 4 rings (SSSR count). The molecular formula is C28H25Cl3N4O2. The lowest BCUT2D eigenvalue weighted by Gasteiger charge is -2.20. The quantitative estimate of drug-likeness (QED) is 0.191. The fourth-order valence-corrected chi connectivity index (χ4v) is 4.63. The highest BCUT2D eigenvalue weighted by atomic mass is 35.5. The maximum atomic E-state index is 12.9. The fraction of sp³-hybridized carbons (Fsp3) is 0.179. The first-order valence-electron chi connectivity index (χ1n) is 11.6. The summed E-state index contributed by atoms with van der Waals surface area (Å²) in [5, 5.41) is 9.54. The molecule has 1 unspecified atom stereocenters. The predicted octanol–water partition coefficient (Wildman–Crippen LogP) is 6.55. The van der Waals surface area contributed by atoms with E-state index in [-0.39, 0.29) is 11.8 Å². The van der Waals surface area contributed by atoms with Gasteiger partial charge in [-0.3, -0.25) is 9.59 Å². The molecule has 2 amide bonds. The topological polar surface area (TPSA) is 75.5 Å². The maximum Gasteiger partial charge on any atom is 0.262 e. The van der Waals surface area contributed by atoms with Gasteiger partial charge in [-0.05, 0) is 47.9 Å². The standard InChI is InChI=1S/C28H25Cl3N4O2/c1-17(2)26(33-27(36)18-6-5-7-21(29)12-18)28(37)34-32-14-20-16-35(25-9-4-3-8-23(20)25)15-19-10-11-22(30)13-24(19)31/h3-14,16-17,26H,15H2,1-2H3,(H,33,36)(H,34,37). The Bertz CT molecular complexity index is 1480. The highest BCUT2D eigenvalue weighted by Gasteiger charge is 2.24. The molecule has 1 aromatic heterocycles. The van der Waals surface area contributed by atoms with Crippen LogP contribution >= 0.6 is 34.8 Å². The third-order valence-electron chi connectivity index (χ3n) is 5.88. The first-order valence-corrected chi connectivity index (χ1v) is 12.8. The lowest BCUT2D eigenvalue weighted by Crippen LogP contribution is -2.48. The Morgan fingerprint density at radius 3 is 2.46 bits per heavy atom. The van der Waals surface area contributed by atoms with E-state index in [1.54, 1.807) is 36.5 Å². The molecule has 0 saturated carbocycles. The van der Waals surface area contributed by atoms with E-state index in [0.29, 0.717) is 27.2 Å². The second-order valence-electron chi connectivity index (χ2n) is 8.90. The summed E-state index contributed by atoms with van der Waals surface area (Å²) in [4.78, 5) is 25.5. The van der Waals surface area contributed by atoms with E-state index >= 15 is 0 Å². The van der Waals surface area contributed by atoms with Crippen molar-refractivity contribution in [3.05, 3.63) is 105 Å². The number of hydrogen-bond acceptors (Lipinski definition) is 3. The molecule has 0 aliphatic heterocycles. The number of carbonyl (C=O) groups excluding carboxylic acids is 2. The normalized spacial score (nSPS) is 12.3. The van der Waals surface area contributed by atoms with Crippen molar-refractivity contribution < 1.29 is 9.59 Å². The van der Waals surface area contributed by atoms with Crippen molar-refractivity contribution >= 4 is 63.7 Å². The second-order valence-corrected chi connectivity index (χ2v) is 10.2. The molecule has 0 spiro atoms. The molecule has 0 aliphatic carbocycles. The van der Waals surface area contributed by atoms with E-state index in [1.165, 1.54) is 0 Å². The average molecular weight is 556 g/mol. The Morgan fingerprint density at radius 2 is 1.73 bits per heavy atom. The van der Waals surface area contributed by atoms with Crippen molar-refractivity contribution in [1.29, 1.82) is 0 Å². The van der Waals surface area contributed by atoms with Gasteiger partial charge in [0.1, 0.15) is 6.04 Å². The summed E-state index contributed by atoms with van der Waals surface area (Å²) in [5.74, 6) is -0.966. The number of nitrogens with zero attached hydrogens (tertiary/aromatic N) is 2. The molecule has 0 aliphatic rings. The third-order valence-corrected chi connectivity index (χ3v) is 6.70. The van der Waals surface area contributed by atoms with Gasteiger partial charge < -0.3 is 9.88 Å². The van der Waals surface area contributed by atoms with Gasteiger partial charge in [0.15, 0.2) is 0 Å².